The maximum Gasteiger partial charge on any atom is 0.512 e. The molecule has 5 rings (SSSR count). The Kier molecular flexibility index (Phi) is 8.58. The van der Waals surface area contributed by atoms with E-state index in [1.807, 2.05) is 24.3 Å². The van der Waals surface area contributed by atoms with Gasteiger partial charge in [-0.25, -0.2) is 4.79 Å². The topological polar surface area (TPSA) is 71.6 Å². The molecule has 0 radical (unpaired) electrons. The van der Waals surface area contributed by atoms with Gasteiger partial charge < -0.3 is 19.6 Å². The number of carboxylic acid groups (broad SMARTS) is 1. The van der Waals surface area contributed by atoms with Crippen LogP contribution in [0.1, 0.15) is 88.0 Å². The molecule has 5 nitrogen and oxygen atoms in total. The van der Waals surface area contributed by atoms with E-state index < -0.39 is 6.16 Å². The predicted octanol–water partition coefficient (Wildman–Crippen LogP) is 10.4. The molecule has 0 saturated heterocycles. The van der Waals surface area contributed by atoms with Crippen molar-refractivity contribution in [1.82, 2.24) is 4.98 Å². The molecular weight excluding hydrogens is 522 g/mol. The zero-order valence-electron chi connectivity index (χ0n) is 25.5. The quantitative estimate of drug-likeness (QED) is 0.131. The van der Waals surface area contributed by atoms with Crippen molar-refractivity contribution in [2.45, 2.75) is 72.1 Å². The molecule has 1 heterocycles. The molecular formula is C37H41NO4. The Balaban J connectivity index is 1.54. The van der Waals surface area contributed by atoms with Crippen LogP contribution in [-0.2, 0) is 6.42 Å². The Hall–Kier alpha value is -4.25. The van der Waals surface area contributed by atoms with E-state index in [1.165, 1.54) is 22.3 Å². The summed E-state index contributed by atoms with van der Waals surface area (Å²) < 4.78 is 11.5. The lowest BCUT2D eigenvalue weighted by molar-refractivity contribution is 0.142. The molecule has 1 aromatic heterocycles. The SMILES string of the molecule is CC(C)c1cc(C(C)C)c(-c2cccc3c(CCCOc4cccc5ccccc45)c(OC(=O)O)[nH]c23)c(C(C)C)c1. The lowest BCUT2D eigenvalue weighted by Gasteiger charge is -2.23. The van der Waals surface area contributed by atoms with Crippen molar-refractivity contribution in [2.24, 2.45) is 0 Å². The second-order valence-corrected chi connectivity index (χ2v) is 12.0. The van der Waals surface area contributed by atoms with Gasteiger partial charge in [-0.3, -0.25) is 0 Å². The van der Waals surface area contributed by atoms with Crippen molar-refractivity contribution in [3.63, 3.8) is 0 Å². The predicted molar refractivity (Wildman–Crippen MR) is 172 cm³/mol. The van der Waals surface area contributed by atoms with Crippen LogP contribution in [0.4, 0.5) is 4.79 Å². The summed E-state index contributed by atoms with van der Waals surface area (Å²) in [4.78, 5) is 15.1. The molecule has 0 aliphatic rings. The molecule has 0 unspecified atom stereocenters. The number of fused-ring (bicyclic) bond motifs is 2. The van der Waals surface area contributed by atoms with Crippen LogP contribution in [0, 0.1) is 0 Å². The normalized spacial score (nSPS) is 11.7. The molecule has 218 valence electrons. The number of hydrogen-bond donors (Lipinski definition) is 2. The summed E-state index contributed by atoms with van der Waals surface area (Å²) in [5, 5.41) is 12.8. The summed E-state index contributed by atoms with van der Waals surface area (Å²) in [6, 6.07) is 25.2. The van der Waals surface area contributed by atoms with Crippen LogP contribution < -0.4 is 9.47 Å². The van der Waals surface area contributed by atoms with Crippen molar-refractivity contribution < 1.29 is 19.4 Å². The van der Waals surface area contributed by atoms with Crippen molar-refractivity contribution in [3.8, 4) is 22.8 Å². The Morgan fingerprint density at radius 2 is 1.45 bits per heavy atom. The van der Waals surface area contributed by atoms with Crippen molar-refractivity contribution in [3.05, 3.63) is 95.1 Å². The lowest BCUT2D eigenvalue weighted by Crippen LogP contribution is -2.06. The van der Waals surface area contributed by atoms with E-state index in [2.05, 4.69) is 95.1 Å². The van der Waals surface area contributed by atoms with E-state index in [1.54, 1.807) is 0 Å². The van der Waals surface area contributed by atoms with Crippen LogP contribution >= 0.6 is 0 Å². The van der Waals surface area contributed by atoms with E-state index in [-0.39, 0.29) is 5.88 Å². The van der Waals surface area contributed by atoms with Gasteiger partial charge in [0.1, 0.15) is 5.75 Å². The standard InChI is InChI=1S/C37H41NO4/c1-22(2)26-20-31(23(3)4)34(32(21-26)24(5)6)30-16-10-15-28-29(36(38-35(28)30)42-37(39)40)17-11-19-41-33-18-9-13-25-12-7-8-14-27(25)33/h7-10,12-16,18,20-24,38H,11,17,19H2,1-6H3,(H,39,40). The largest absolute Gasteiger partial charge is 0.512 e. The first-order chi connectivity index (χ1) is 20.2. The van der Waals surface area contributed by atoms with Gasteiger partial charge in [-0.15, -0.1) is 0 Å². The summed E-state index contributed by atoms with van der Waals surface area (Å²) in [5.74, 6) is 2.20. The molecule has 0 aliphatic heterocycles. The summed E-state index contributed by atoms with van der Waals surface area (Å²) in [5.41, 5.74) is 8.00. The van der Waals surface area contributed by atoms with E-state index in [0.29, 0.717) is 37.2 Å². The number of para-hydroxylation sites is 1. The number of aromatic amines is 1. The minimum absolute atomic E-state index is 0.283. The highest BCUT2D eigenvalue weighted by Crippen LogP contribution is 2.43. The van der Waals surface area contributed by atoms with Crippen LogP contribution in [0.25, 0.3) is 32.8 Å². The van der Waals surface area contributed by atoms with Gasteiger partial charge in [-0.2, -0.15) is 0 Å². The molecule has 0 spiro atoms. The Labute approximate surface area is 248 Å². The van der Waals surface area contributed by atoms with Crippen LogP contribution in [-0.4, -0.2) is 22.9 Å². The van der Waals surface area contributed by atoms with Crippen LogP contribution in [0.5, 0.6) is 11.6 Å². The maximum atomic E-state index is 11.7. The smallest absolute Gasteiger partial charge is 0.493 e. The van der Waals surface area contributed by atoms with Crippen LogP contribution in [0.15, 0.2) is 72.8 Å². The summed E-state index contributed by atoms with van der Waals surface area (Å²) >= 11 is 0. The monoisotopic (exact) mass is 563 g/mol. The second kappa shape index (κ2) is 12.3. The molecule has 0 bridgehead atoms. The van der Waals surface area contributed by atoms with Gasteiger partial charge in [-0.1, -0.05) is 108 Å². The van der Waals surface area contributed by atoms with Crippen LogP contribution in [0.2, 0.25) is 0 Å². The Morgan fingerprint density at radius 1 is 0.810 bits per heavy atom. The highest BCUT2D eigenvalue weighted by molar-refractivity contribution is 5.99. The fourth-order valence-electron chi connectivity index (χ4n) is 5.90. The molecule has 0 saturated carbocycles. The molecule has 2 N–H and O–H groups in total. The number of aromatic nitrogens is 1. The summed E-state index contributed by atoms with van der Waals surface area (Å²) in [6.45, 7) is 13.9. The number of rotatable bonds is 10. The van der Waals surface area contributed by atoms with Crippen molar-refractivity contribution in [1.29, 1.82) is 0 Å². The fourth-order valence-corrected chi connectivity index (χ4v) is 5.90. The van der Waals surface area contributed by atoms with Crippen molar-refractivity contribution >= 4 is 27.8 Å². The highest BCUT2D eigenvalue weighted by Gasteiger charge is 2.23. The molecule has 5 heteroatoms. The van der Waals surface area contributed by atoms with Gasteiger partial charge in [0.15, 0.2) is 0 Å². The molecule has 0 amide bonds. The molecule has 4 aromatic carbocycles. The van der Waals surface area contributed by atoms with Gasteiger partial charge in [0.25, 0.3) is 0 Å². The lowest BCUT2D eigenvalue weighted by atomic mass is 9.81. The first-order valence-electron chi connectivity index (χ1n) is 15.0. The minimum Gasteiger partial charge on any atom is -0.493 e. The third-order valence-electron chi connectivity index (χ3n) is 8.07. The Morgan fingerprint density at radius 3 is 2.12 bits per heavy atom. The number of benzene rings is 4. The number of nitrogens with one attached hydrogen (secondary N) is 1. The third kappa shape index (κ3) is 5.87. The zero-order valence-corrected chi connectivity index (χ0v) is 25.5. The average molecular weight is 564 g/mol. The Bertz CT molecular complexity index is 1690. The summed E-state index contributed by atoms with van der Waals surface area (Å²) in [7, 11) is 0. The summed E-state index contributed by atoms with van der Waals surface area (Å²) in [6.07, 6.45) is -0.0195. The van der Waals surface area contributed by atoms with Gasteiger partial charge in [0, 0.05) is 21.9 Å². The fraction of sp³-hybridized carbons (Fsp3) is 0.324. The van der Waals surface area contributed by atoms with E-state index in [4.69, 9.17) is 9.47 Å². The number of H-pyrrole nitrogens is 1. The van der Waals surface area contributed by atoms with Gasteiger partial charge in [0.2, 0.25) is 5.88 Å². The second-order valence-electron chi connectivity index (χ2n) is 12.0. The maximum absolute atomic E-state index is 11.7. The zero-order chi connectivity index (χ0) is 30.0. The van der Waals surface area contributed by atoms with Gasteiger partial charge in [0.05, 0.1) is 12.1 Å². The number of ether oxygens (including phenoxy) is 2. The highest BCUT2D eigenvalue weighted by atomic mass is 16.7. The average Bonchev–Trinajstić information content (AvgIpc) is 3.30. The first kappa shape index (κ1) is 29.2. The molecule has 5 aromatic rings. The van der Waals surface area contributed by atoms with E-state index in [9.17, 15) is 9.90 Å². The minimum atomic E-state index is -1.33. The molecule has 0 fully saturated rings. The van der Waals surface area contributed by atoms with Crippen LogP contribution in [0.3, 0.4) is 0 Å². The van der Waals surface area contributed by atoms with E-state index >= 15 is 0 Å². The van der Waals surface area contributed by atoms with Gasteiger partial charge >= 0.3 is 6.16 Å². The first-order valence-corrected chi connectivity index (χ1v) is 15.0. The third-order valence-corrected chi connectivity index (χ3v) is 8.07. The molecule has 42 heavy (non-hydrogen) atoms. The number of aryl methyl sites for hydroxylation is 1. The van der Waals surface area contributed by atoms with Crippen molar-refractivity contribution in [2.75, 3.05) is 6.61 Å². The van der Waals surface area contributed by atoms with Gasteiger partial charge in [-0.05, 0) is 64.3 Å². The number of hydrogen-bond acceptors (Lipinski definition) is 3. The number of carbonyl (C=O) groups is 1. The molecule has 0 atom stereocenters. The van der Waals surface area contributed by atoms with E-state index in [0.717, 1.165) is 38.6 Å². The molecule has 0 aliphatic carbocycles.